The Labute approximate surface area is 267 Å². The lowest BCUT2D eigenvalue weighted by atomic mass is 10.0. The van der Waals surface area contributed by atoms with Gasteiger partial charge in [-0.3, -0.25) is 19.9 Å². The number of carbonyl (C=O) groups is 1. The van der Waals surface area contributed by atoms with Gasteiger partial charge >= 0.3 is 0 Å². The molecule has 4 aromatic heterocycles. The van der Waals surface area contributed by atoms with Crippen LogP contribution in [0.3, 0.4) is 0 Å². The fraction of sp³-hybridized carbons (Fsp3) is 0.114. The van der Waals surface area contributed by atoms with Gasteiger partial charge in [0.15, 0.2) is 5.82 Å². The fourth-order valence-corrected chi connectivity index (χ4v) is 5.40. The quantitative estimate of drug-likeness (QED) is 0.139. The zero-order valence-corrected chi connectivity index (χ0v) is 25.5. The average Bonchev–Trinajstić information content (AvgIpc) is 3.68. The van der Waals surface area contributed by atoms with E-state index < -0.39 is 11.6 Å². The number of fused-ring (bicyclic) bond motifs is 2. The molecule has 0 aliphatic heterocycles. The lowest BCUT2D eigenvalue weighted by Gasteiger charge is -2.12. The van der Waals surface area contributed by atoms with E-state index in [0.29, 0.717) is 73.8 Å². The number of rotatable bonds is 9. The molecule has 1 amide bonds. The monoisotopic (exact) mass is 629 g/mol. The molecular formula is C35H29F2N9O. The van der Waals surface area contributed by atoms with Gasteiger partial charge in [0.1, 0.15) is 22.8 Å². The van der Waals surface area contributed by atoms with E-state index in [-0.39, 0.29) is 11.5 Å². The highest BCUT2D eigenvalue weighted by Crippen LogP contribution is 2.35. The van der Waals surface area contributed by atoms with E-state index in [9.17, 15) is 9.18 Å². The minimum absolute atomic E-state index is 0.274. The van der Waals surface area contributed by atoms with Gasteiger partial charge in [-0.25, -0.2) is 13.8 Å². The molecule has 0 aliphatic rings. The number of amides is 1. The molecule has 12 heteroatoms. The summed E-state index contributed by atoms with van der Waals surface area (Å²) in [5.41, 5.74) is 5.54. The van der Waals surface area contributed by atoms with Crippen LogP contribution in [0.2, 0.25) is 0 Å². The van der Waals surface area contributed by atoms with Crippen LogP contribution in [0.1, 0.15) is 10.4 Å². The molecule has 3 aromatic carbocycles. The summed E-state index contributed by atoms with van der Waals surface area (Å²) in [6.45, 7) is 1.44. The second-order valence-corrected chi connectivity index (χ2v) is 11.3. The Morgan fingerprint density at radius 1 is 0.894 bits per heavy atom. The number of aromatic nitrogens is 6. The first-order valence-corrected chi connectivity index (χ1v) is 14.9. The summed E-state index contributed by atoms with van der Waals surface area (Å²) in [5, 5.41) is 14.0. The van der Waals surface area contributed by atoms with Gasteiger partial charge in [0.2, 0.25) is 0 Å². The van der Waals surface area contributed by atoms with Gasteiger partial charge in [-0.05, 0) is 62.6 Å². The predicted molar refractivity (Wildman–Crippen MR) is 179 cm³/mol. The molecule has 4 heterocycles. The molecule has 7 rings (SSSR count). The van der Waals surface area contributed by atoms with Crippen molar-refractivity contribution in [1.82, 2.24) is 35.0 Å². The van der Waals surface area contributed by atoms with Crippen LogP contribution >= 0.6 is 0 Å². The van der Waals surface area contributed by atoms with Gasteiger partial charge in [-0.1, -0.05) is 18.2 Å². The second-order valence-electron chi connectivity index (χ2n) is 11.3. The highest BCUT2D eigenvalue weighted by atomic mass is 19.1. The van der Waals surface area contributed by atoms with Crippen molar-refractivity contribution in [3.63, 3.8) is 0 Å². The van der Waals surface area contributed by atoms with Gasteiger partial charge in [0, 0.05) is 64.9 Å². The number of benzene rings is 3. The van der Waals surface area contributed by atoms with E-state index in [1.165, 1.54) is 30.6 Å². The Morgan fingerprint density at radius 2 is 1.72 bits per heavy atom. The normalized spacial score (nSPS) is 11.4. The molecular weight excluding hydrogens is 600 g/mol. The Hall–Kier alpha value is -6.01. The number of nitrogens with one attached hydrogen (secondary N) is 4. The molecule has 10 nitrogen and oxygen atoms in total. The van der Waals surface area contributed by atoms with Gasteiger partial charge in [0.05, 0.1) is 28.6 Å². The van der Waals surface area contributed by atoms with E-state index in [1.54, 1.807) is 48.7 Å². The Bertz CT molecular complexity index is 2250. The SMILES string of the molecule is CN(C)CCNc1cc(F)cc(-c2nccc3[nH]c(-c4n[nH]c5cc(F)c(-c6cncc(NC(=O)c7ccccc7)c6)cc45)nc23)c1. The molecule has 0 spiro atoms. The van der Waals surface area contributed by atoms with E-state index in [2.05, 4.69) is 35.8 Å². The topological polar surface area (TPSA) is 128 Å². The second kappa shape index (κ2) is 12.4. The lowest BCUT2D eigenvalue weighted by Crippen LogP contribution is -2.20. The van der Waals surface area contributed by atoms with Gasteiger partial charge < -0.3 is 20.5 Å². The number of carbonyl (C=O) groups excluding carboxylic acids is 1. The third kappa shape index (κ3) is 6.14. The first-order valence-electron chi connectivity index (χ1n) is 14.9. The minimum atomic E-state index is -0.488. The summed E-state index contributed by atoms with van der Waals surface area (Å²) >= 11 is 0. The number of anilines is 2. The lowest BCUT2D eigenvalue weighted by molar-refractivity contribution is 0.102. The summed E-state index contributed by atoms with van der Waals surface area (Å²) in [5.74, 6) is -0.749. The van der Waals surface area contributed by atoms with Crippen molar-refractivity contribution in [2.24, 2.45) is 0 Å². The summed E-state index contributed by atoms with van der Waals surface area (Å²) in [7, 11) is 3.95. The van der Waals surface area contributed by atoms with Crippen molar-refractivity contribution in [2.45, 2.75) is 0 Å². The van der Waals surface area contributed by atoms with Crippen LogP contribution in [0.25, 0.3) is 55.8 Å². The van der Waals surface area contributed by atoms with Gasteiger partial charge in [-0.15, -0.1) is 0 Å². The average molecular weight is 630 g/mol. The molecule has 0 aliphatic carbocycles. The van der Waals surface area contributed by atoms with Crippen LogP contribution in [0.5, 0.6) is 0 Å². The van der Waals surface area contributed by atoms with Crippen LogP contribution in [-0.2, 0) is 0 Å². The van der Waals surface area contributed by atoms with E-state index in [1.807, 2.05) is 31.1 Å². The molecule has 0 unspecified atom stereocenters. The summed E-state index contributed by atoms with van der Waals surface area (Å²) in [4.78, 5) is 31.6. The number of nitrogens with zero attached hydrogens (tertiary/aromatic N) is 5. The van der Waals surface area contributed by atoms with Crippen LogP contribution in [0.4, 0.5) is 20.2 Å². The maximum absolute atomic E-state index is 15.4. The molecule has 4 N–H and O–H groups in total. The molecule has 234 valence electrons. The predicted octanol–water partition coefficient (Wildman–Crippen LogP) is 6.73. The van der Waals surface area contributed by atoms with Crippen molar-refractivity contribution in [1.29, 1.82) is 0 Å². The maximum Gasteiger partial charge on any atom is 0.255 e. The third-order valence-corrected chi connectivity index (χ3v) is 7.68. The van der Waals surface area contributed by atoms with Crippen molar-refractivity contribution in [3.05, 3.63) is 109 Å². The zero-order valence-electron chi connectivity index (χ0n) is 25.5. The number of hydrogen-bond donors (Lipinski definition) is 4. The van der Waals surface area contributed by atoms with Crippen molar-refractivity contribution in [2.75, 3.05) is 37.8 Å². The van der Waals surface area contributed by atoms with Crippen LogP contribution < -0.4 is 10.6 Å². The number of halogens is 2. The Kier molecular flexibility index (Phi) is 7.84. The highest BCUT2D eigenvalue weighted by Gasteiger charge is 2.19. The summed E-state index contributed by atoms with van der Waals surface area (Å²) < 4.78 is 30.1. The van der Waals surface area contributed by atoms with E-state index in [0.717, 1.165) is 6.54 Å². The van der Waals surface area contributed by atoms with Gasteiger partial charge in [-0.2, -0.15) is 5.10 Å². The number of H-pyrrole nitrogens is 2. The number of hydrogen-bond acceptors (Lipinski definition) is 7. The molecule has 0 radical (unpaired) electrons. The summed E-state index contributed by atoms with van der Waals surface area (Å²) in [6.07, 6.45) is 4.67. The fourth-order valence-electron chi connectivity index (χ4n) is 5.40. The third-order valence-electron chi connectivity index (χ3n) is 7.68. The molecule has 0 atom stereocenters. The molecule has 0 saturated carbocycles. The van der Waals surface area contributed by atoms with Crippen LogP contribution in [0, 0.1) is 11.6 Å². The number of imidazole rings is 1. The van der Waals surface area contributed by atoms with Crippen molar-refractivity contribution in [3.8, 4) is 33.9 Å². The van der Waals surface area contributed by atoms with Crippen molar-refractivity contribution < 1.29 is 13.6 Å². The Morgan fingerprint density at radius 3 is 2.55 bits per heavy atom. The van der Waals surface area contributed by atoms with Crippen molar-refractivity contribution >= 4 is 39.2 Å². The largest absolute Gasteiger partial charge is 0.384 e. The smallest absolute Gasteiger partial charge is 0.255 e. The van der Waals surface area contributed by atoms with E-state index >= 15 is 4.39 Å². The number of likely N-dealkylation sites (N-methyl/N-ethyl adjacent to an activating group) is 1. The van der Waals surface area contributed by atoms with Crippen LogP contribution in [0.15, 0.2) is 91.4 Å². The first kappa shape index (κ1) is 29.7. The zero-order chi connectivity index (χ0) is 32.5. The molecule has 0 bridgehead atoms. The standard InChI is InChI=1S/C35H29F2N9O/c1-46(2)11-10-39-24-13-21(12-23(36)15-24)31-33-29(8-9-40-31)42-34(43-33)32-27-16-26(28(37)17-30(27)44-45-32)22-14-25(19-38-18-22)41-35(47)20-6-4-3-5-7-20/h3-9,12-19,39H,10-11H2,1-2H3,(H,41,47)(H,42,43)(H,44,45). The molecule has 47 heavy (non-hydrogen) atoms. The first-order chi connectivity index (χ1) is 22.8. The highest BCUT2D eigenvalue weighted by molar-refractivity contribution is 6.04. The van der Waals surface area contributed by atoms with E-state index in [4.69, 9.17) is 4.98 Å². The number of aromatic amines is 2. The minimum Gasteiger partial charge on any atom is -0.384 e. The number of pyridine rings is 2. The van der Waals surface area contributed by atoms with Crippen LogP contribution in [-0.4, -0.2) is 68.1 Å². The van der Waals surface area contributed by atoms with Gasteiger partial charge in [0.25, 0.3) is 5.91 Å². The Balaban J connectivity index is 1.23. The maximum atomic E-state index is 15.4. The molecule has 0 fully saturated rings. The molecule has 0 saturated heterocycles. The molecule has 7 aromatic rings. The summed E-state index contributed by atoms with van der Waals surface area (Å²) in [6, 6.07) is 20.0.